The second-order valence-electron chi connectivity index (χ2n) is 4.42. The summed E-state index contributed by atoms with van der Waals surface area (Å²) in [6.45, 7) is -0.213. The smallest absolute Gasteiger partial charge is 0.264 e. The topological polar surface area (TPSA) is 52.7 Å². The van der Waals surface area contributed by atoms with Gasteiger partial charge in [0.1, 0.15) is 23.3 Å². The first-order chi connectivity index (χ1) is 9.56. The fraction of sp³-hybridized carbons (Fsp3) is 0.154. The number of halogens is 2. The van der Waals surface area contributed by atoms with Crippen LogP contribution in [0.4, 0.5) is 8.78 Å². The lowest BCUT2D eigenvalue weighted by molar-refractivity contribution is 0.541. The van der Waals surface area contributed by atoms with Crippen molar-refractivity contribution >= 4 is 11.0 Å². The molecule has 3 rings (SSSR count). The van der Waals surface area contributed by atoms with Gasteiger partial charge in [0.15, 0.2) is 5.65 Å². The van der Waals surface area contributed by atoms with Gasteiger partial charge in [-0.1, -0.05) is 6.07 Å². The Kier molecular flexibility index (Phi) is 2.81. The molecule has 2 aromatic heterocycles. The van der Waals surface area contributed by atoms with Crippen LogP contribution in [0.2, 0.25) is 0 Å². The third-order valence-corrected chi connectivity index (χ3v) is 3.01. The first-order valence-electron chi connectivity index (χ1n) is 5.88. The average Bonchev–Trinajstić information content (AvgIpc) is 2.78. The number of aryl methyl sites for hydroxylation is 1. The fourth-order valence-electron chi connectivity index (χ4n) is 2.02. The molecule has 102 valence electrons. The maximum Gasteiger partial charge on any atom is 0.264 e. The summed E-state index contributed by atoms with van der Waals surface area (Å²) < 4.78 is 29.8. The Hall–Kier alpha value is -2.57. The SMILES string of the molecule is Cn1cc2c(=O)n(Cc3c(F)cccc3F)cnc2n1. The Morgan fingerprint density at radius 3 is 2.65 bits per heavy atom. The first kappa shape index (κ1) is 12.5. The molecular formula is C13H10F2N4O. The van der Waals surface area contributed by atoms with Crippen molar-refractivity contribution in [1.82, 2.24) is 19.3 Å². The molecule has 0 amide bonds. The number of aromatic nitrogens is 4. The summed E-state index contributed by atoms with van der Waals surface area (Å²) in [5, 5.41) is 4.31. The molecule has 1 aromatic carbocycles. The van der Waals surface area contributed by atoms with E-state index < -0.39 is 11.6 Å². The van der Waals surface area contributed by atoms with Crippen molar-refractivity contribution in [2.45, 2.75) is 6.54 Å². The van der Waals surface area contributed by atoms with Crippen LogP contribution in [0.5, 0.6) is 0 Å². The van der Waals surface area contributed by atoms with Gasteiger partial charge in [0, 0.05) is 18.8 Å². The minimum atomic E-state index is -0.691. The monoisotopic (exact) mass is 276 g/mol. The molecular weight excluding hydrogens is 266 g/mol. The van der Waals surface area contributed by atoms with Crippen LogP contribution in [0.3, 0.4) is 0 Å². The number of hydrogen-bond acceptors (Lipinski definition) is 3. The standard InChI is InChI=1S/C13H10F2N4O/c1-18-5-9-12(17-18)16-7-19(13(9)20)6-8-10(14)3-2-4-11(8)15/h2-5,7H,6H2,1H3. The van der Waals surface area contributed by atoms with Crippen molar-refractivity contribution in [3.63, 3.8) is 0 Å². The Balaban J connectivity index is 2.12. The highest BCUT2D eigenvalue weighted by Gasteiger charge is 2.12. The van der Waals surface area contributed by atoms with Crippen molar-refractivity contribution in [2.24, 2.45) is 7.05 Å². The van der Waals surface area contributed by atoms with Gasteiger partial charge in [-0.05, 0) is 12.1 Å². The third-order valence-electron chi connectivity index (χ3n) is 3.01. The lowest BCUT2D eigenvalue weighted by Gasteiger charge is -2.07. The zero-order valence-electron chi connectivity index (χ0n) is 10.5. The van der Waals surface area contributed by atoms with Gasteiger partial charge in [0.05, 0.1) is 6.54 Å². The maximum atomic E-state index is 13.6. The van der Waals surface area contributed by atoms with E-state index in [2.05, 4.69) is 10.1 Å². The van der Waals surface area contributed by atoms with E-state index in [0.717, 1.165) is 16.7 Å². The van der Waals surface area contributed by atoms with Crippen LogP contribution in [-0.4, -0.2) is 19.3 Å². The van der Waals surface area contributed by atoms with Gasteiger partial charge in [-0.15, -0.1) is 0 Å². The van der Waals surface area contributed by atoms with Crippen molar-refractivity contribution in [1.29, 1.82) is 0 Å². The summed E-state index contributed by atoms with van der Waals surface area (Å²) in [6, 6.07) is 3.58. The number of nitrogens with zero attached hydrogens (tertiary/aromatic N) is 4. The molecule has 7 heteroatoms. The van der Waals surface area contributed by atoms with E-state index in [1.165, 1.54) is 23.3 Å². The third kappa shape index (κ3) is 1.97. The van der Waals surface area contributed by atoms with Gasteiger partial charge in [0.25, 0.3) is 5.56 Å². The molecule has 0 bridgehead atoms. The molecule has 0 fully saturated rings. The van der Waals surface area contributed by atoms with Crippen molar-refractivity contribution in [3.8, 4) is 0 Å². The molecule has 0 radical (unpaired) electrons. The molecule has 0 spiro atoms. The van der Waals surface area contributed by atoms with E-state index in [4.69, 9.17) is 0 Å². The molecule has 0 N–H and O–H groups in total. The Labute approximate surface area is 112 Å². The van der Waals surface area contributed by atoms with Crippen LogP contribution in [0.1, 0.15) is 5.56 Å². The zero-order valence-corrected chi connectivity index (χ0v) is 10.5. The second kappa shape index (κ2) is 4.52. The molecule has 3 aromatic rings. The van der Waals surface area contributed by atoms with Crippen LogP contribution in [0.15, 0.2) is 35.5 Å². The normalized spacial score (nSPS) is 11.2. The number of fused-ring (bicyclic) bond motifs is 1. The largest absolute Gasteiger partial charge is 0.294 e. The molecule has 5 nitrogen and oxygen atoms in total. The summed E-state index contributed by atoms with van der Waals surface area (Å²) in [7, 11) is 1.67. The molecule has 0 aliphatic carbocycles. The van der Waals surface area contributed by atoms with Crippen LogP contribution in [-0.2, 0) is 13.6 Å². The van der Waals surface area contributed by atoms with Gasteiger partial charge in [-0.25, -0.2) is 13.8 Å². The van der Waals surface area contributed by atoms with Gasteiger partial charge >= 0.3 is 0 Å². The van der Waals surface area contributed by atoms with E-state index in [1.54, 1.807) is 7.05 Å². The minimum absolute atomic E-state index is 0.167. The second-order valence-corrected chi connectivity index (χ2v) is 4.42. The molecule has 0 saturated carbocycles. The van der Waals surface area contributed by atoms with Crippen molar-refractivity contribution < 1.29 is 8.78 Å². The Morgan fingerprint density at radius 1 is 1.25 bits per heavy atom. The molecule has 0 unspecified atom stereocenters. The lowest BCUT2D eigenvalue weighted by Crippen LogP contribution is -2.21. The average molecular weight is 276 g/mol. The number of hydrogen-bond donors (Lipinski definition) is 0. The Bertz CT molecular complexity index is 833. The summed E-state index contributed by atoms with van der Waals surface area (Å²) >= 11 is 0. The minimum Gasteiger partial charge on any atom is -0.294 e. The Morgan fingerprint density at radius 2 is 1.95 bits per heavy atom. The van der Waals surface area contributed by atoms with Crippen LogP contribution in [0.25, 0.3) is 11.0 Å². The maximum absolute atomic E-state index is 13.6. The summed E-state index contributed by atoms with van der Waals surface area (Å²) in [6.07, 6.45) is 2.77. The molecule has 0 atom stereocenters. The highest BCUT2D eigenvalue weighted by molar-refractivity contribution is 5.72. The highest BCUT2D eigenvalue weighted by Crippen LogP contribution is 2.13. The van der Waals surface area contributed by atoms with Gasteiger partial charge in [-0.3, -0.25) is 14.0 Å². The van der Waals surface area contributed by atoms with Crippen LogP contribution in [0, 0.1) is 11.6 Å². The van der Waals surface area contributed by atoms with E-state index in [0.29, 0.717) is 11.0 Å². The van der Waals surface area contributed by atoms with Crippen molar-refractivity contribution in [2.75, 3.05) is 0 Å². The van der Waals surface area contributed by atoms with Crippen LogP contribution < -0.4 is 5.56 Å². The predicted octanol–water partition coefficient (Wildman–Crippen LogP) is 1.46. The van der Waals surface area contributed by atoms with E-state index >= 15 is 0 Å². The molecule has 20 heavy (non-hydrogen) atoms. The number of benzene rings is 1. The molecule has 0 aliphatic heterocycles. The summed E-state index contributed by atoms with van der Waals surface area (Å²) in [5.74, 6) is -1.38. The van der Waals surface area contributed by atoms with Gasteiger partial charge in [-0.2, -0.15) is 5.10 Å². The lowest BCUT2D eigenvalue weighted by atomic mass is 10.2. The van der Waals surface area contributed by atoms with Crippen molar-refractivity contribution in [3.05, 3.63) is 58.3 Å². The first-order valence-corrected chi connectivity index (χ1v) is 5.88. The molecule has 0 aliphatic rings. The summed E-state index contributed by atoms with van der Waals surface area (Å²) in [5.41, 5.74) is -0.242. The van der Waals surface area contributed by atoms with Gasteiger partial charge in [0.2, 0.25) is 0 Å². The van der Waals surface area contributed by atoms with E-state index in [9.17, 15) is 13.6 Å². The summed E-state index contributed by atoms with van der Waals surface area (Å²) in [4.78, 5) is 16.2. The quantitative estimate of drug-likeness (QED) is 0.712. The molecule has 0 saturated heterocycles. The van der Waals surface area contributed by atoms with E-state index in [-0.39, 0.29) is 17.7 Å². The zero-order chi connectivity index (χ0) is 14.3. The highest BCUT2D eigenvalue weighted by atomic mass is 19.1. The van der Waals surface area contributed by atoms with E-state index in [1.807, 2.05) is 0 Å². The van der Waals surface area contributed by atoms with Gasteiger partial charge < -0.3 is 0 Å². The predicted molar refractivity (Wildman–Crippen MR) is 68.2 cm³/mol. The van der Waals surface area contributed by atoms with Crippen LogP contribution >= 0.6 is 0 Å². The number of rotatable bonds is 2. The molecule has 2 heterocycles. The fourth-order valence-corrected chi connectivity index (χ4v) is 2.02.